The highest BCUT2D eigenvalue weighted by molar-refractivity contribution is 7.91. The maximum absolute atomic E-state index is 12.0. The summed E-state index contributed by atoms with van der Waals surface area (Å²) in [6.45, 7) is 0. The van der Waals surface area contributed by atoms with Crippen LogP contribution in [0.5, 0.6) is 5.75 Å². The Morgan fingerprint density at radius 1 is 1.32 bits per heavy atom. The minimum atomic E-state index is -3.15. The number of halogens is 1. The summed E-state index contributed by atoms with van der Waals surface area (Å²) >= 11 is 5.93. The van der Waals surface area contributed by atoms with Crippen LogP contribution in [0.3, 0.4) is 0 Å². The normalized spacial score (nSPS) is 24.9. The number of ether oxygens (including phenoxy) is 1. The molecule has 1 N–H and O–H groups in total. The van der Waals surface area contributed by atoms with Gasteiger partial charge in [-0.15, -0.1) is 11.6 Å². The molecule has 2 rings (SSSR count). The molecule has 104 valence electrons. The molecule has 1 amide bonds. The lowest BCUT2D eigenvalue weighted by atomic mass is 10.2. The van der Waals surface area contributed by atoms with E-state index in [9.17, 15) is 13.2 Å². The summed E-state index contributed by atoms with van der Waals surface area (Å²) in [6.07, 6.45) is 0. The largest absolute Gasteiger partial charge is 0.497 e. The third-order valence-corrected chi connectivity index (χ3v) is 5.33. The van der Waals surface area contributed by atoms with Gasteiger partial charge in [-0.1, -0.05) is 0 Å². The minimum absolute atomic E-state index is 0.0951. The van der Waals surface area contributed by atoms with Gasteiger partial charge in [0.15, 0.2) is 9.84 Å². The fourth-order valence-electron chi connectivity index (χ4n) is 1.93. The molecule has 1 saturated heterocycles. The van der Waals surface area contributed by atoms with Gasteiger partial charge >= 0.3 is 0 Å². The summed E-state index contributed by atoms with van der Waals surface area (Å²) in [4.78, 5) is 12.0. The van der Waals surface area contributed by atoms with Gasteiger partial charge in [0.1, 0.15) is 5.75 Å². The average Bonchev–Trinajstić information content (AvgIpc) is 2.62. The summed E-state index contributed by atoms with van der Waals surface area (Å²) in [5.41, 5.74) is 0.439. The first-order valence-corrected chi connectivity index (χ1v) is 7.96. The van der Waals surface area contributed by atoms with E-state index in [2.05, 4.69) is 5.32 Å². The second kappa shape index (κ2) is 5.38. The maximum Gasteiger partial charge on any atom is 0.251 e. The highest BCUT2D eigenvalue weighted by atomic mass is 35.5. The molecule has 7 heteroatoms. The molecule has 0 spiro atoms. The van der Waals surface area contributed by atoms with Gasteiger partial charge in [-0.2, -0.15) is 0 Å². The number of alkyl halides is 1. The van der Waals surface area contributed by atoms with E-state index in [1.807, 2.05) is 0 Å². The van der Waals surface area contributed by atoms with Crippen LogP contribution in [-0.2, 0) is 9.84 Å². The monoisotopic (exact) mass is 303 g/mol. The van der Waals surface area contributed by atoms with Crippen LogP contribution in [0.15, 0.2) is 24.3 Å². The number of hydrogen-bond donors (Lipinski definition) is 1. The molecule has 0 radical (unpaired) electrons. The summed E-state index contributed by atoms with van der Waals surface area (Å²) in [6, 6.07) is 6.01. The molecule has 1 heterocycles. The number of nitrogens with one attached hydrogen (secondary N) is 1. The lowest BCUT2D eigenvalue weighted by Gasteiger charge is -2.14. The van der Waals surface area contributed by atoms with Crippen molar-refractivity contribution >= 4 is 27.3 Å². The van der Waals surface area contributed by atoms with Crippen molar-refractivity contribution in [3.05, 3.63) is 29.8 Å². The topological polar surface area (TPSA) is 72.5 Å². The molecule has 1 aliphatic heterocycles. The molecule has 5 nitrogen and oxygen atoms in total. The smallest absolute Gasteiger partial charge is 0.251 e. The Morgan fingerprint density at radius 3 is 2.42 bits per heavy atom. The number of sulfone groups is 1. The van der Waals surface area contributed by atoms with E-state index in [1.54, 1.807) is 24.3 Å². The molecule has 1 fully saturated rings. The molecule has 0 aromatic heterocycles. The van der Waals surface area contributed by atoms with Crippen molar-refractivity contribution in [2.45, 2.75) is 11.4 Å². The third-order valence-electron chi connectivity index (χ3n) is 2.95. The van der Waals surface area contributed by atoms with E-state index in [1.165, 1.54) is 7.11 Å². The van der Waals surface area contributed by atoms with Gasteiger partial charge in [-0.3, -0.25) is 4.79 Å². The number of carbonyl (C=O) groups excluding carboxylic acids is 1. The Labute approximate surface area is 116 Å². The molecule has 0 saturated carbocycles. The lowest BCUT2D eigenvalue weighted by molar-refractivity contribution is 0.0941. The number of methoxy groups -OCH3 is 1. The van der Waals surface area contributed by atoms with Crippen molar-refractivity contribution in [2.24, 2.45) is 0 Å². The van der Waals surface area contributed by atoms with Crippen molar-refractivity contribution in [3.63, 3.8) is 0 Å². The van der Waals surface area contributed by atoms with E-state index in [0.29, 0.717) is 11.3 Å². The molecular weight excluding hydrogens is 290 g/mol. The molecule has 19 heavy (non-hydrogen) atoms. The predicted octanol–water partition coefficient (Wildman–Crippen LogP) is 0.829. The molecular formula is C12H14ClNO4S. The van der Waals surface area contributed by atoms with Crippen LogP contribution >= 0.6 is 11.6 Å². The zero-order valence-corrected chi connectivity index (χ0v) is 11.9. The summed E-state index contributed by atoms with van der Waals surface area (Å²) in [5, 5.41) is 2.07. The predicted molar refractivity (Wildman–Crippen MR) is 72.5 cm³/mol. The summed E-state index contributed by atoms with van der Waals surface area (Å²) in [7, 11) is -1.61. The number of rotatable bonds is 3. The van der Waals surface area contributed by atoms with Crippen LogP contribution in [0, 0.1) is 0 Å². The molecule has 1 aromatic carbocycles. The zero-order chi connectivity index (χ0) is 14.0. The maximum atomic E-state index is 12.0. The quantitative estimate of drug-likeness (QED) is 0.840. The van der Waals surface area contributed by atoms with Crippen LogP contribution in [0.2, 0.25) is 0 Å². The molecule has 0 aliphatic carbocycles. The minimum Gasteiger partial charge on any atom is -0.497 e. The first-order valence-electron chi connectivity index (χ1n) is 5.71. The Bertz CT molecular complexity index is 570. The first kappa shape index (κ1) is 14.1. The van der Waals surface area contributed by atoms with Crippen LogP contribution < -0.4 is 10.1 Å². The molecule has 0 unspecified atom stereocenters. The van der Waals surface area contributed by atoms with Crippen LogP contribution in [-0.4, -0.2) is 44.4 Å². The first-order chi connectivity index (χ1) is 8.91. The van der Waals surface area contributed by atoms with Crippen molar-refractivity contribution in [2.75, 3.05) is 18.6 Å². The van der Waals surface area contributed by atoms with E-state index in [-0.39, 0.29) is 17.4 Å². The van der Waals surface area contributed by atoms with Crippen LogP contribution in [0.1, 0.15) is 10.4 Å². The third kappa shape index (κ3) is 3.39. The van der Waals surface area contributed by atoms with Crippen molar-refractivity contribution in [1.82, 2.24) is 5.32 Å². The van der Waals surface area contributed by atoms with Crippen molar-refractivity contribution in [1.29, 1.82) is 0 Å². The SMILES string of the molecule is COc1ccc(C(=O)N[C@H]2CS(=O)(=O)C[C@H]2Cl)cc1. The van der Waals surface area contributed by atoms with Gasteiger partial charge in [0.05, 0.1) is 30.0 Å². The van der Waals surface area contributed by atoms with Gasteiger partial charge in [0, 0.05) is 5.56 Å². The van der Waals surface area contributed by atoms with E-state index in [0.717, 1.165) is 0 Å². The molecule has 0 bridgehead atoms. The number of benzene rings is 1. The second-order valence-electron chi connectivity index (χ2n) is 4.40. The number of amides is 1. The van der Waals surface area contributed by atoms with Crippen LogP contribution in [0.25, 0.3) is 0 Å². The van der Waals surface area contributed by atoms with E-state index in [4.69, 9.17) is 16.3 Å². The summed E-state index contributed by atoms with van der Waals surface area (Å²) in [5.74, 6) is 0.108. The van der Waals surface area contributed by atoms with E-state index >= 15 is 0 Å². The Hall–Kier alpha value is -1.27. The van der Waals surface area contributed by atoms with Gasteiger partial charge < -0.3 is 10.1 Å². The standard InChI is InChI=1S/C12H14ClNO4S/c1-18-9-4-2-8(3-5-9)12(15)14-11-7-19(16,17)6-10(11)13/h2-5,10-11H,6-7H2,1H3,(H,14,15)/t10-,11+/m1/s1. The van der Waals surface area contributed by atoms with Gasteiger partial charge in [-0.05, 0) is 24.3 Å². The fourth-order valence-corrected chi connectivity index (χ4v) is 4.48. The van der Waals surface area contributed by atoms with Crippen molar-refractivity contribution in [3.8, 4) is 5.75 Å². The van der Waals surface area contributed by atoms with Gasteiger partial charge in [0.2, 0.25) is 0 Å². The van der Waals surface area contributed by atoms with Gasteiger partial charge in [0.25, 0.3) is 5.91 Å². The molecule has 2 atom stereocenters. The Kier molecular flexibility index (Phi) is 4.01. The zero-order valence-electron chi connectivity index (χ0n) is 10.3. The second-order valence-corrected chi connectivity index (χ2v) is 7.12. The lowest BCUT2D eigenvalue weighted by Crippen LogP contribution is -2.40. The average molecular weight is 304 g/mol. The van der Waals surface area contributed by atoms with Crippen LogP contribution in [0.4, 0.5) is 0 Å². The summed E-state index contributed by atoms with van der Waals surface area (Å²) < 4.78 is 27.8. The fraction of sp³-hybridized carbons (Fsp3) is 0.417. The Morgan fingerprint density at radius 2 is 1.95 bits per heavy atom. The van der Waals surface area contributed by atoms with Crippen molar-refractivity contribution < 1.29 is 17.9 Å². The number of hydrogen-bond acceptors (Lipinski definition) is 4. The Balaban J connectivity index is 2.05. The molecule has 1 aliphatic rings. The highest BCUT2D eigenvalue weighted by Crippen LogP contribution is 2.19. The highest BCUT2D eigenvalue weighted by Gasteiger charge is 2.37. The molecule has 1 aromatic rings. The van der Waals surface area contributed by atoms with E-state index < -0.39 is 21.3 Å². The van der Waals surface area contributed by atoms with Gasteiger partial charge in [-0.25, -0.2) is 8.42 Å². The number of carbonyl (C=O) groups is 1.